The first-order chi connectivity index (χ1) is 12.3. The topological polar surface area (TPSA) is 77.3 Å². The van der Waals surface area contributed by atoms with E-state index in [1.165, 1.54) is 4.90 Å². The van der Waals surface area contributed by atoms with Gasteiger partial charge in [-0.2, -0.15) is 0 Å². The number of ether oxygens (including phenoxy) is 1. The Morgan fingerprint density at radius 2 is 1.92 bits per heavy atom. The second-order valence-corrected chi connectivity index (χ2v) is 8.17. The first-order valence-electron chi connectivity index (χ1n) is 9.17. The predicted octanol–water partition coefficient (Wildman–Crippen LogP) is 3.61. The molecule has 1 fully saturated rings. The van der Waals surface area contributed by atoms with Crippen molar-refractivity contribution in [1.82, 2.24) is 19.4 Å². The summed E-state index contributed by atoms with van der Waals surface area (Å²) in [5.41, 5.74) is 0.629. The summed E-state index contributed by atoms with van der Waals surface area (Å²) in [5, 5.41) is 0.828. The number of amides is 2. The van der Waals surface area contributed by atoms with E-state index in [1.807, 2.05) is 32.3 Å². The van der Waals surface area contributed by atoms with Gasteiger partial charge in [-0.1, -0.05) is 12.8 Å². The van der Waals surface area contributed by atoms with Gasteiger partial charge in [0.05, 0.1) is 12.1 Å². The lowest BCUT2D eigenvalue weighted by atomic mass is 9.87. The monoisotopic (exact) mass is 356 g/mol. The van der Waals surface area contributed by atoms with Gasteiger partial charge in [0, 0.05) is 11.6 Å². The molecule has 26 heavy (non-hydrogen) atoms. The van der Waals surface area contributed by atoms with Gasteiger partial charge in [0.25, 0.3) is 5.91 Å². The molecule has 1 aliphatic carbocycles. The lowest BCUT2D eigenvalue weighted by Gasteiger charge is -2.43. The normalized spacial score (nSPS) is 22.9. The number of hydrogen-bond donors (Lipinski definition) is 0. The highest BCUT2D eigenvalue weighted by molar-refractivity contribution is 6.06. The third-order valence-corrected chi connectivity index (χ3v) is 5.08. The Balaban J connectivity index is 1.85. The maximum atomic E-state index is 13.2. The fourth-order valence-electron chi connectivity index (χ4n) is 4.09. The molecular formula is C19H24N4O3. The van der Waals surface area contributed by atoms with E-state index < -0.39 is 11.7 Å². The van der Waals surface area contributed by atoms with Gasteiger partial charge in [-0.05, 0) is 46.6 Å². The van der Waals surface area contributed by atoms with Crippen LogP contribution >= 0.6 is 0 Å². The number of carbonyl (C=O) groups excluding carboxylic acids is 2. The molecule has 2 aromatic heterocycles. The van der Waals surface area contributed by atoms with Crippen LogP contribution in [-0.4, -0.2) is 43.1 Å². The molecule has 0 spiro atoms. The van der Waals surface area contributed by atoms with Crippen LogP contribution in [0.3, 0.4) is 0 Å². The predicted molar refractivity (Wildman–Crippen MR) is 96.0 cm³/mol. The van der Waals surface area contributed by atoms with Gasteiger partial charge in [0.1, 0.15) is 22.8 Å². The van der Waals surface area contributed by atoms with E-state index in [0.29, 0.717) is 11.5 Å². The molecule has 0 bridgehead atoms. The van der Waals surface area contributed by atoms with Gasteiger partial charge in [-0.25, -0.2) is 19.7 Å². The first-order valence-corrected chi connectivity index (χ1v) is 9.17. The zero-order chi connectivity index (χ0) is 18.6. The minimum absolute atomic E-state index is 0.0377. The number of rotatable bonds is 0. The highest BCUT2D eigenvalue weighted by atomic mass is 16.6. The maximum Gasteiger partial charge on any atom is 0.417 e. The number of nitrogens with zero attached hydrogens (tertiary/aromatic N) is 4. The maximum absolute atomic E-state index is 13.2. The van der Waals surface area contributed by atoms with Crippen LogP contribution in [0.2, 0.25) is 0 Å². The second kappa shape index (κ2) is 5.79. The van der Waals surface area contributed by atoms with E-state index in [1.54, 1.807) is 12.3 Å². The molecule has 1 aliphatic heterocycles. The van der Waals surface area contributed by atoms with Crippen molar-refractivity contribution in [1.29, 1.82) is 0 Å². The van der Waals surface area contributed by atoms with Crippen LogP contribution in [0.4, 0.5) is 4.79 Å². The Kier molecular flexibility index (Phi) is 3.78. The van der Waals surface area contributed by atoms with Crippen LogP contribution in [-0.2, 0) is 4.74 Å². The van der Waals surface area contributed by atoms with Crippen molar-refractivity contribution in [3.8, 4) is 0 Å². The van der Waals surface area contributed by atoms with E-state index in [9.17, 15) is 9.59 Å². The summed E-state index contributed by atoms with van der Waals surface area (Å²) in [5.74, 6) is 0.367. The molecule has 2 atom stereocenters. The molecule has 4 rings (SSSR count). The molecule has 0 N–H and O–H groups in total. The first kappa shape index (κ1) is 17.0. The summed E-state index contributed by atoms with van der Waals surface area (Å²) >= 11 is 0. The fraction of sp³-hybridized carbons (Fsp3) is 0.579. The zero-order valence-corrected chi connectivity index (χ0v) is 15.7. The summed E-state index contributed by atoms with van der Waals surface area (Å²) in [6.07, 6.45) is 4.96. The summed E-state index contributed by atoms with van der Waals surface area (Å²) < 4.78 is 7.56. The average molecular weight is 356 g/mol. The molecule has 1 saturated carbocycles. The summed E-state index contributed by atoms with van der Waals surface area (Å²) in [6.45, 7) is 7.28. The Labute approximate surface area is 152 Å². The molecule has 138 valence electrons. The van der Waals surface area contributed by atoms with E-state index in [-0.39, 0.29) is 18.0 Å². The Bertz CT molecular complexity index is 896. The lowest BCUT2D eigenvalue weighted by Crippen LogP contribution is -2.55. The highest BCUT2D eigenvalue weighted by Gasteiger charge is 2.46. The van der Waals surface area contributed by atoms with Crippen molar-refractivity contribution in [3.05, 3.63) is 23.8 Å². The van der Waals surface area contributed by atoms with Gasteiger partial charge in [-0.15, -0.1) is 0 Å². The lowest BCUT2D eigenvalue weighted by molar-refractivity contribution is 0.00252. The van der Waals surface area contributed by atoms with Crippen molar-refractivity contribution < 1.29 is 14.3 Å². The van der Waals surface area contributed by atoms with Crippen molar-refractivity contribution >= 4 is 23.0 Å². The quantitative estimate of drug-likeness (QED) is 0.720. The van der Waals surface area contributed by atoms with Crippen LogP contribution in [0.15, 0.2) is 12.3 Å². The van der Waals surface area contributed by atoms with E-state index in [4.69, 9.17) is 4.74 Å². The van der Waals surface area contributed by atoms with Crippen LogP contribution in [0.1, 0.15) is 68.8 Å². The molecular weight excluding hydrogens is 332 g/mol. The number of carbonyl (C=O) groups is 2. The minimum atomic E-state index is -0.645. The molecule has 0 unspecified atom stereocenters. The summed E-state index contributed by atoms with van der Waals surface area (Å²) in [6, 6.07) is 1.64. The van der Waals surface area contributed by atoms with Gasteiger partial charge >= 0.3 is 6.09 Å². The Morgan fingerprint density at radius 1 is 1.23 bits per heavy atom. The number of aryl methyl sites for hydroxylation is 1. The minimum Gasteiger partial charge on any atom is -0.443 e. The zero-order valence-electron chi connectivity index (χ0n) is 15.7. The van der Waals surface area contributed by atoms with Crippen LogP contribution in [0.25, 0.3) is 11.0 Å². The van der Waals surface area contributed by atoms with E-state index in [2.05, 4.69) is 9.97 Å². The number of fused-ring (bicyclic) bond motifs is 5. The summed E-state index contributed by atoms with van der Waals surface area (Å²) in [7, 11) is 0. The van der Waals surface area contributed by atoms with Crippen molar-refractivity contribution in [2.45, 2.75) is 71.1 Å². The second-order valence-electron chi connectivity index (χ2n) is 8.17. The van der Waals surface area contributed by atoms with Gasteiger partial charge < -0.3 is 9.30 Å². The van der Waals surface area contributed by atoms with Crippen LogP contribution < -0.4 is 0 Å². The molecule has 7 nitrogen and oxygen atoms in total. The molecule has 2 aromatic rings. The van der Waals surface area contributed by atoms with Gasteiger partial charge in [-0.3, -0.25) is 4.79 Å². The van der Waals surface area contributed by atoms with Crippen LogP contribution in [0.5, 0.6) is 0 Å². The van der Waals surface area contributed by atoms with Crippen molar-refractivity contribution in [2.75, 3.05) is 0 Å². The molecule has 0 aromatic carbocycles. The Morgan fingerprint density at radius 3 is 2.62 bits per heavy atom. The molecule has 0 radical (unpaired) electrons. The highest BCUT2D eigenvalue weighted by Crippen LogP contribution is 2.40. The SMILES string of the molecule is Cc1ncc2cc3n(c2n1)[C@H]1CCCC[C@@H]1N(C(=O)OC(C)(C)C)C3=O. The molecule has 3 heterocycles. The fourth-order valence-corrected chi connectivity index (χ4v) is 4.09. The average Bonchev–Trinajstić information content (AvgIpc) is 2.93. The third-order valence-electron chi connectivity index (χ3n) is 5.08. The van der Waals surface area contributed by atoms with E-state index in [0.717, 1.165) is 36.7 Å². The van der Waals surface area contributed by atoms with Crippen molar-refractivity contribution in [3.63, 3.8) is 0 Å². The van der Waals surface area contributed by atoms with Crippen LogP contribution in [0, 0.1) is 6.92 Å². The number of hydrogen-bond acceptors (Lipinski definition) is 5. The van der Waals surface area contributed by atoms with Gasteiger partial charge in [0.15, 0.2) is 0 Å². The molecule has 2 aliphatic rings. The molecule has 7 heteroatoms. The number of aromatic nitrogens is 3. The van der Waals surface area contributed by atoms with E-state index >= 15 is 0 Å². The summed E-state index contributed by atoms with van der Waals surface area (Å²) in [4.78, 5) is 36.2. The van der Waals surface area contributed by atoms with Gasteiger partial charge in [0.2, 0.25) is 0 Å². The largest absolute Gasteiger partial charge is 0.443 e. The smallest absolute Gasteiger partial charge is 0.417 e. The standard InChI is InChI=1S/C19H24N4O3/c1-11-20-10-12-9-15-17(24)23(18(25)26-19(2,3)4)14-8-6-5-7-13(14)22(15)16(12)21-11/h9-10,13-14H,5-8H2,1-4H3/t13-,14-/m0/s1. The van der Waals surface area contributed by atoms with Crippen molar-refractivity contribution in [2.24, 2.45) is 0 Å². The third kappa shape index (κ3) is 2.66. The number of imide groups is 1. The molecule has 2 amide bonds. The Hall–Kier alpha value is -2.44. The molecule has 0 saturated heterocycles.